The number of piperidine rings is 1. The van der Waals surface area contributed by atoms with Gasteiger partial charge in [-0.2, -0.15) is 0 Å². The van der Waals surface area contributed by atoms with Crippen LogP contribution in [0.3, 0.4) is 0 Å². The van der Waals surface area contributed by atoms with Crippen molar-refractivity contribution in [2.45, 2.75) is 57.3 Å². The summed E-state index contributed by atoms with van der Waals surface area (Å²) < 4.78 is 1.67. The summed E-state index contributed by atoms with van der Waals surface area (Å²) in [6.45, 7) is 3.17. The lowest BCUT2D eigenvalue weighted by atomic mass is 10.00. The summed E-state index contributed by atoms with van der Waals surface area (Å²) in [5, 5.41) is 20.8. The third-order valence-electron chi connectivity index (χ3n) is 4.66. The summed E-state index contributed by atoms with van der Waals surface area (Å²) in [6.07, 6.45) is 5.08. The molecule has 110 valence electrons. The van der Waals surface area contributed by atoms with Crippen molar-refractivity contribution in [3.05, 3.63) is 22.1 Å². The van der Waals surface area contributed by atoms with Crippen molar-refractivity contribution in [1.82, 2.24) is 14.5 Å². The second-order valence-electron chi connectivity index (χ2n) is 5.82. The van der Waals surface area contributed by atoms with E-state index in [-0.39, 0.29) is 16.8 Å². The highest BCUT2D eigenvalue weighted by Gasteiger charge is 2.40. The number of hydrogen-bond acceptors (Lipinski definition) is 5. The molecular formula is C13H20N4O3. The van der Waals surface area contributed by atoms with Crippen LogP contribution in [0.25, 0.3) is 0 Å². The Morgan fingerprint density at radius 3 is 2.65 bits per heavy atom. The fraction of sp³-hybridized carbons (Fsp3) is 0.769. The van der Waals surface area contributed by atoms with E-state index in [1.54, 1.807) is 11.5 Å². The predicted octanol–water partition coefficient (Wildman–Crippen LogP) is 1.09. The zero-order valence-electron chi connectivity index (χ0n) is 11.6. The van der Waals surface area contributed by atoms with Crippen LogP contribution in [-0.4, -0.2) is 49.2 Å². The smallest absolute Gasteiger partial charge is 0.342 e. The number of aliphatic hydroxyl groups excluding tert-OH is 1. The van der Waals surface area contributed by atoms with Crippen LogP contribution in [0.15, 0.2) is 6.20 Å². The lowest BCUT2D eigenvalue weighted by Crippen LogP contribution is -2.45. The van der Waals surface area contributed by atoms with Gasteiger partial charge in [-0.25, -0.2) is 9.55 Å². The van der Waals surface area contributed by atoms with Crippen LogP contribution < -0.4 is 0 Å². The highest BCUT2D eigenvalue weighted by molar-refractivity contribution is 5.18. The minimum Gasteiger partial charge on any atom is -0.393 e. The Balaban J connectivity index is 1.69. The van der Waals surface area contributed by atoms with E-state index >= 15 is 0 Å². The van der Waals surface area contributed by atoms with Gasteiger partial charge in [0.1, 0.15) is 12.7 Å². The van der Waals surface area contributed by atoms with Gasteiger partial charge in [0.25, 0.3) is 0 Å². The Morgan fingerprint density at radius 1 is 1.40 bits per heavy atom. The van der Waals surface area contributed by atoms with E-state index in [4.69, 9.17) is 0 Å². The molecule has 2 atom stereocenters. The van der Waals surface area contributed by atoms with Crippen molar-refractivity contribution in [3.63, 3.8) is 0 Å². The Bertz CT molecular complexity index is 502. The standard InChI is InChI=1S/C13H20N4O3/c1-9-14-8-13(17(19)20)15(9)4-5-16-10-2-3-11(16)7-12(18)6-10/h8,10-12,18H,2-7H2,1H3. The maximum atomic E-state index is 11.0. The summed E-state index contributed by atoms with van der Waals surface area (Å²) in [5.41, 5.74) is 0. The second kappa shape index (κ2) is 5.14. The number of imidazole rings is 1. The zero-order chi connectivity index (χ0) is 14.3. The molecule has 20 heavy (non-hydrogen) atoms. The van der Waals surface area contributed by atoms with Crippen LogP contribution in [0.4, 0.5) is 5.82 Å². The first-order valence-electron chi connectivity index (χ1n) is 7.16. The summed E-state index contributed by atoms with van der Waals surface area (Å²) in [5.74, 6) is 0.744. The van der Waals surface area contributed by atoms with E-state index in [0.29, 0.717) is 24.5 Å². The molecular weight excluding hydrogens is 260 g/mol. The molecule has 7 nitrogen and oxygen atoms in total. The molecule has 2 unspecified atom stereocenters. The van der Waals surface area contributed by atoms with Crippen LogP contribution in [-0.2, 0) is 6.54 Å². The van der Waals surface area contributed by atoms with Gasteiger partial charge in [-0.1, -0.05) is 0 Å². The van der Waals surface area contributed by atoms with Gasteiger partial charge < -0.3 is 15.2 Å². The number of rotatable bonds is 4. The van der Waals surface area contributed by atoms with Gasteiger partial charge in [0.2, 0.25) is 0 Å². The third kappa shape index (κ3) is 2.31. The number of aliphatic hydroxyl groups is 1. The lowest BCUT2D eigenvalue weighted by Gasteiger charge is -2.36. The van der Waals surface area contributed by atoms with Gasteiger partial charge in [-0.15, -0.1) is 0 Å². The number of aryl methyl sites for hydroxylation is 1. The minimum atomic E-state index is -0.380. The van der Waals surface area contributed by atoms with Gasteiger partial charge in [-0.05, 0) is 30.6 Å². The first kappa shape index (κ1) is 13.5. The summed E-state index contributed by atoms with van der Waals surface area (Å²) >= 11 is 0. The Hall–Kier alpha value is -1.47. The van der Waals surface area contributed by atoms with Crippen molar-refractivity contribution >= 4 is 5.82 Å². The molecule has 2 bridgehead atoms. The van der Waals surface area contributed by atoms with Crippen molar-refractivity contribution in [1.29, 1.82) is 0 Å². The van der Waals surface area contributed by atoms with Gasteiger partial charge in [-0.3, -0.25) is 4.90 Å². The van der Waals surface area contributed by atoms with Crippen molar-refractivity contribution in [2.75, 3.05) is 6.54 Å². The SMILES string of the molecule is Cc1ncc([N+](=O)[O-])n1CCN1C2CCC1CC(O)C2. The first-order chi connectivity index (χ1) is 9.56. The topological polar surface area (TPSA) is 84.4 Å². The highest BCUT2D eigenvalue weighted by Crippen LogP contribution is 2.35. The van der Waals surface area contributed by atoms with Crippen LogP contribution in [0, 0.1) is 17.0 Å². The fourth-order valence-corrected chi connectivity index (χ4v) is 3.70. The van der Waals surface area contributed by atoms with Gasteiger partial charge >= 0.3 is 5.82 Å². The quantitative estimate of drug-likeness (QED) is 0.659. The maximum Gasteiger partial charge on any atom is 0.342 e. The van der Waals surface area contributed by atoms with E-state index < -0.39 is 0 Å². The van der Waals surface area contributed by atoms with E-state index in [9.17, 15) is 15.2 Å². The fourth-order valence-electron chi connectivity index (χ4n) is 3.70. The zero-order valence-corrected chi connectivity index (χ0v) is 11.6. The molecule has 1 N–H and O–H groups in total. The van der Waals surface area contributed by atoms with E-state index in [2.05, 4.69) is 9.88 Å². The predicted molar refractivity (Wildman–Crippen MR) is 72.4 cm³/mol. The Labute approximate surface area is 117 Å². The molecule has 1 aromatic heterocycles. The summed E-state index contributed by atoms with van der Waals surface area (Å²) in [7, 11) is 0. The molecule has 0 radical (unpaired) electrons. The second-order valence-corrected chi connectivity index (χ2v) is 5.82. The van der Waals surface area contributed by atoms with Crippen molar-refractivity contribution < 1.29 is 10.0 Å². The highest BCUT2D eigenvalue weighted by atomic mass is 16.6. The number of nitrogens with zero attached hydrogens (tertiary/aromatic N) is 4. The number of hydrogen-bond donors (Lipinski definition) is 1. The molecule has 0 saturated carbocycles. The monoisotopic (exact) mass is 280 g/mol. The van der Waals surface area contributed by atoms with E-state index in [0.717, 1.165) is 32.2 Å². The number of aromatic nitrogens is 2. The van der Waals surface area contributed by atoms with Gasteiger partial charge in [0.15, 0.2) is 5.82 Å². The van der Waals surface area contributed by atoms with Crippen LogP contribution in [0.5, 0.6) is 0 Å². The van der Waals surface area contributed by atoms with Crippen molar-refractivity contribution in [2.24, 2.45) is 0 Å². The van der Waals surface area contributed by atoms with Crippen LogP contribution in [0.1, 0.15) is 31.5 Å². The van der Waals surface area contributed by atoms with E-state index in [1.165, 1.54) is 6.20 Å². The molecule has 2 fully saturated rings. The average Bonchev–Trinajstić information content (AvgIpc) is 2.86. The normalized spacial score (nSPS) is 29.8. The van der Waals surface area contributed by atoms with Crippen LogP contribution >= 0.6 is 0 Å². The molecule has 0 spiro atoms. The first-order valence-corrected chi connectivity index (χ1v) is 7.16. The molecule has 2 aliphatic heterocycles. The molecule has 0 amide bonds. The summed E-state index contributed by atoms with van der Waals surface area (Å²) in [6, 6.07) is 0.873. The number of fused-ring (bicyclic) bond motifs is 2. The van der Waals surface area contributed by atoms with Crippen LogP contribution in [0.2, 0.25) is 0 Å². The molecule has 0 aromatic carbocycles. The summed E-state index contributed by atoms with van der Waals surface area (Å²) in [4.78, 5) is 17.0. The lowest BCUT2D eigenvalue weighted by molar-refractivity contribution is -0.392. The van der Waals surface area contributed by atoms with Crippen molar-refractivity contribution in [3.8, 4) is 0 Å². The molecule has 2 aliphatic rings. The third-order valence-corrected chi connectivity index (χ3v) is 4.66. The molecule has 7 heteroatoms. The molecule has 3 rings (SSSR count). The Morgan fingerprint density at radius 2 is 2.05 bits per heavy atom. The van der Waals surface area contributed by atoms with E-state index in [1.807, 2.05) is 0 Å². The minimum absolute atomic E-state index is 0.0619. The molecule has 0 aliphatic carbocycles. The maximum absolute atomic E-state index is 11.0. The van der Waals surface area contributed by atoms with Gasteiger partial charge in [0.05, 0.1) is 6.10 Å². The van der Waals surface area contributed by atoms with Gasteiger partial charge in [0, 0.05) is 25.6 Å². The molecule has 2 saturated heterocycles. The molecule has 3 heterocycles. The average molecular weight is 280 g/mol. The molecule has 1 aromatic rings. The largest absolute Gasteiger partial charge is 0.393 e. The Kier molecular flexibility index (Phi) is 3.47. The number of nitro groups is 1.